The minimum atomic E-state index is -0.176. The van der Waals surface area contributed by atoms with E-state index in [2.05, 4.69) is 31.4 Å². The van der Waals surface area contributed by atoms with Gasteiger partial charge >= 0.3 is 0 Å². The Morgan fingerprint density at radius 2 is 2.17 bits per heavy atom. The fourth-order valence-electron chi connectivity index (χ4n) is 2.96. The van der Waals surface area contributed by atoms with E-state index in [1.54, 1.807) is 4.50 Å². The van der Waals surface area contributed by atoms with Gasteiger partial charge in [-0.15, -0.1) is 0 Å². The number of ether oxygens (including phenoxy) is 1. The monoisotopic (exact) mass is 282 g/mol. The Hall–Kier alpha value is -0.123. The predicted molar refractivity (Wildman–Crippen MR) is 83.7 cm³/mol. The van der Waals surface area contributed by atoms with Gasteiger partial charge in [-0.05, 0) is 41.0 Å². The van der Waals surface area contributed by atoms with E-state index in [4.69, 9.17) is 4.74 Å². The van der Waals surface area contributed by atoms with E-state index < -0.39 is 0 Å². The SMILES string of the molecule is CC(C)CC(OC[SiH2]c1cccs1)C1CCCC1. The molecule has 1 saturated carbocycles. The Morgan fingerprint density at radius 3 is 2.78 bits per heavy atom. The highest BCUT2D eigenvalue weighted by Crippen LogP contribution is 2.32. The van der Waals surface area contributed by atoms with Gasteiger partial charge in [0.2, 0.25) is 0 Å². The van der Waals surface area contributed by atoms with Crippen LogP contribution in [0.4, 0.5) is 0 Å². The van der Waals surface area contributed by atoms with Crippen molar-refractivity contribution >= 4 is 25.4 Å². The van der Waals surface area contributed by atoms with E-state index in [9.17, 15) is 0 Å². The molecule has 0 N–H and O–H groups in total. The molecule has 102 valence electrons. The van der Waals surface area contributed by atoms with Crippen LogP contribution in [0.15, 0.2) is 17.5 Å². The summed E-state index contributed by atoms with van der Waals surface area (Å²) in [7, 11) is -0.176. The molecular formula is C15H26OSSi. The summed E-state index contributed by atoms with van der Waals surface area (Å²) in [5.41, 5.74) is 0. The normalized spacial score (nSPS) is 19.3. The summed E-state index contributed by atoms with van der Waals surface area (Å²) in [6.07, 6.45) is 8.48. The van der Waals surface area contributed by atoms with Crippen LogP contribution in [0.1, 0.15) is 46.0 Å². The highest BCUT2D eigenvalue weighted by molar-refractivity contribution is 7.19. The van der Waals surface area contributed by atoms with Gasteiger partial charge in [0.15, 0.2) is 0 Å². The zero-order valence-electron chi connectivity index (χ0n) is 11.7. The zero-order chi connectivity index (χ0) is 12.8. The number of hydrogen-bond acceptors (Lipinski definition) is 2. The minimum absolute atomic E-state index is 0.176. The first-order chi connectivity index (χ1) is 8.75. The van der Waals surface area contributed by atoms with Crippen LogP contribution >= 0.6 is 11.3 Å². The van der Waals surface area contributed by atoms with Crippen molar-refractivity contribution in [2.24, 2.45) is 11.8 Å². The molecule has 0 bridgehead atoms. The molecule has 1 aliphatic carbocycles. The van der Waals surface area contributed by atoms with E-state index in [0.717, 1.165) is 18.1 Å². The molecular weight excluding hydrogens is 256 g/mol. The van der Waals surface area contributed by atoms with Crippen molar-refractivity contribution in [1.82, 2.24) is 0 Å². The molecule has 1 fully saturated rings. The first-order valence-electron chi connectivity index (χ1n) is 7.39. The lowest BCUT2D eigenvalue weighted by atomic mass is 9.93. The molecule has 0 aromatic carbocycles. The van der Waals surface area contributed by atoms with Gasteiger partial charge in [-0.2, -0.15) is 11.3 Å². The van der Waals surface area contributed by atoms with E-state index in [1.165, 1.54) is 32.1 Å². The average molecular weight is 283 g/mol. The largest absolute Gasteiger partial charge is 0.381 e. The molecule has 1 aliphatic rings. The van der Waals surface area contributed by atoms with Crippen molar-refractivity contribution in [3.8, 4) is 0 Å². The Morgan fingerprint density at radius 1 is 1.39 bits per heavy atom. The summed E-state index contributed by atoms with van der Waals surface area (Å²) in [4.78, 5) is 0. The van der Waals surface area contributed by atoms with E-state index >= 15 is 0 Å². The van der Waals surface area contributed by atoms with Gasteiger partial charge < -0.3 is 4.74 Å². The van der Waals surface area contributed by atoms with Gasteiger partial charge in [0, 0.05) is 6.23 Å². The number of hydrogen-bond donors (Lipinski definition) is 0. The molecule has 0 saturated heterocycles. The topological polar surface area (TPSA) is 9.23 Å². The molecule has 0 aliphatic heterocycles. The second kappa shape index (κ2) is 7.46. The summed E-state index contributed by atoms with van der Waals surface area (Å²) < 4.78 is 7.87. The standard InChI is InChI=1S/C15H26OSSi/c1-12(2)10-14(13-6-3-4-7-13)16-11-18-15-8-5-9-17-15/h5,8-9,12-14H,3-4,6-7,10-11,18H2,1-2H3. The zero-order valence-corrected chi connectivity index (χ0v) is 14.0. The molecule has 3 heteroatoms. The van der Waals surface area contributed by atoms with Crippen molar-refractivity contribution < 1.29 is 4.74 Å². The quantitative estimate of drug-likeness (QED) is 0.698. The molecule has 2 rings (SSSR count). The fraction of sp³-hybridized carbons (Fsp3) is 0.733. The second-order valence-corrected chi connectivity index (χ2v) is 9.13. The van der Waals surface area contributed by atoms with Crippen LogP contribution in [0.3, 0.4) is 0 Å². The maximum atomic E-state index is 6.28. The third kappa shape index (κ3) is 4.52. The third-order valence-corrected chi connectivity index (χ3v) is 6.90. The van der Waals surface area contributed by atoms with Crippen molar-refractivity contribution in [3.05, 3.63) is 17.5 Å². The third-order valence-electron chi connectivity index (χ3n) is 3.89. The molecule has 1 aromatic heterocycles. The van der Waals surface area contributed by atoms with E-state index in [-0.39, 0.29) is 9.52 Å². The van der Waals surface area contributed by atoms with Crippen molar-refractivity contribution in [1.29, 1.82) is 0 Å². The Bertz CT molecular complexity index is 317. The predicted octanol–water partition coefficient (Wildman–Crippen LogP) is 3.12. The highest BCUT2D eigenvalue weighted by atomic mass is 32.1. The van der Waals surface area contributed by atoms with Gasteiger partial charge in [-0.25, -0.2) is 0 Å². The fourth-order valence-corrected chi connectivity index (χ4v) is 5.38. The molecule has 1 unspecified atom stereocenters. The highest BCUT2D eigenvalue weighted by Gasteiger charge is 2.26. The lowest BCUT2D eigenvalue weighted by Gasteiger charge is -2.25. The van der Waals surface area contributed by atoms with Gasteiger partial charge in [0.25, 0.3) is 0 Å². The maximum Gasteiger partial charge on any atom is 0.0975 e. The molecule has 1 aromatic rings. The number of rotatable bonds is 7. The summed E-state index contributed by atoms with van der Waals surface area (Å²) in [6.45, 7) is 4.64. The number of thiophene rings is 1. The van der Waals surface area contributed by atoms with Gasteiger partial charge in [0.1, 0.15) is 0 Å². The molecule has 1 nitrogen and oxygen atoms in total. The van der Waals surface area contributed by atoms with Crippen LogP contribution in [0.25, 0.3) is 0 Å². The molecule has 0 amide bonds. The maximum absolute atomic E-state index is 6.28. The Labute approximate surface area is 118 Å². The smallest absolute Gasteiger partial charge is 0.0975 e. The lowest BCUT2D eigenvalue weighted by Crippen LogP contribution is -2.28. The van der Waals surface area contributed by atoms with Crippen molar-refractivity contribution in [3.63, 3.8) is 0 Å². The van der Waals surface area contributed by atoms with Crippen LogP contribution in [-0.4, -0.2) is 21.9 Å². The Balaban J connectivity index is 1.77. The van der Waals surface area contributed by atoms with Gasteiger partial charge in [-0.1, -0.05) is 38.8 Å². The molecule has 0 radical (unpaired) electrons. The van der Waals surface area contributed by atoms with Gasteiger partial charge in [0.05, 0.1) is 15.6 Å². The second-order valence-electron chi connectivity index (χ2n) is 5.91. The Kier molecular flexibility index (Phi) is 5.92. The van der Waals surface area contributed by atoms with E-state index in [1.807, 2.05) is 11.3 Å². The molecule has 0 spiro atoms. The van der Waals surface area contributed by atoms with Crippen LogP contribution in [0, 0.1) is 11.8 Å². The van der Waals surface area contributed by atoms with Crippen LogP contribution < -0.4 is 4.50 Å². The molecule has 1 heterocycles. The van der Waals surface area contributed by atoms with Gasteiger partial charge in [-0.3, -0.25) is 0 Å². The van der Waals surface area contributed by atoms with Crippen LogP contribution in [-0.2, 0) is 4.74 Å². The minimum Gasteiger partial charge on any atom is -0.381 e. The van der Waals surface area contributed by atoms with Crippen LogP contribution in [0.5, 0.6) is 0 Å². The van der Waals surface area contributed by atoms with Crippen molar-refractivity contribution in [2.45, 2.75) is 52.1 Å². The first-order valence-corrected chi connectivity index (χ1v) is 9.98. The molecule has 18 heavy (non-hydrogen) atoms. The van der Waals surface area contributed by atoms with Crippen molar-refractivity contribution in [2.75, 3.05) is 6.23 Å². The first kappa shape index (κ1) is 14.3. The summed E-state index contributed by atoms with van der Waals surface area (Å²) in [5, 5.41) is 2.19. The average Bonchev–Trinajstić information content (AvgIpc) is 3.00. The summed E-state index contributed by atoms with van der Waals surface area (Å²) in [5.74, 6) is 1.61. The summed E-state index contributed by atoms with van der Waals surface area (Å²) in [6, 6.07) is 4.43. The summed E-state index contributed by atoms with van der Waals surface area (Å²) >= 11 is 1.90. The van der Waals surface area contributed by atoms with E-state index in [0.29, 0.717) is 6.10 Å². The molecule has 1 atom stereocenters. The lowest BCUT2D eigenvalue weighted by molar-refractivity contribution is 0.0256. The van der Waals surface area contributed by atoms with Crippen LogP contribution in [0.2, 0.25) is 0 Å².